The average Bonchev–Trinajstić information content (AvgIpc) is 3.01. The number of methoxy groups -OCH3 is 1. The predicted molar refractivity (Wildman–Crippen MR) is 172 cm³/mol. The molecule has 0 spiro atoms. The van der Waals surface area contributed by atoms with E-state index in [1.54, 1.807) is 30.2 Å². The molecule has 1 aliphatic rings. The van der Waals surface area contributed by atoms with Gasteiger partial charge in [0.05, 0.1) is 19.3 Å². The molecule has 0 heterocycles. The molecule has 1 aliphatic carbocycles. The highest BCUT2D eigenvalue weighted by molar-refractivity contribution is 6.00. The van der Waals surface area contributed by atoms with Crippen LogP contribution in [0.3, 0.4) is 0 Å². The molecule has 0 aromatic heterocycles. The first kappa shape index (κ1) is 34.1. The number of aryl methyl sites for hydroxylation is 2. The van der Waals surface area contributed by atoms with Crippen molar-refractivity contribution in [3.63, 3.8) is 0 Å². The normalized spacial score (nSPS) is 15.6. The zero-order valence-corrected chi connectivity index (χ0v) is 26.7. The predicted octanol–water partition coefficient (Wildman–Crippen LogP) is 5.91. The highest BCUT2D eigenvalue weighted by Gasteiger charge is 2.27. The van der Waals surface area contributed by atoms with Crippen LogP contribution < -0.4 is 15.4 Å². The number of nitrogens with one attached hydrogen (secondary N) is 2. The van der Waals surface area contributed by atoms with E-state index >= 15 is 0 Å². The Morgan fingerprint density at radius 3 is 2.36 bits per heavy atom. The fourth-order valence-corrected chi connectivity index (χ4v) is 6.13. The fraction of sp³-hybridized carbons (Fsp3) is 0.444. The van der Waals surface area contributed by atoms with Crippen LogP contribution in [0.4, 0.5) is 8.78 Å². The summed E-state index contributed by atoms with van der Waals surface area (Å²) >= 11 is 0. The molecule has 3 aromatic carbocycles. The van der Waals surface area contributed by atoms with Crippen molar-refractivity contribution in [3.05, 3.63) is 99.6 Å². The third-order valence-corrected chi connectivity index (χ3v) is 8.26. The minimum Gasteiger partial charge on any atom is -0.497 e. The molecule has 0 saturated heterocycles. The monoisotopic (exact) mass is 621 g/mol. The summed E-state index contributed by atoms with van der Waals surface area (Å²) in [5, 5.41) is 17.8. The highest BCUT2D eigenvalue weighted by atomic mass is 19.1. The number of amides is 2. The minimum atomic E-state index is -1.08. The van der Waals surface area contributed by atoms with Gasteiger partial charge in [0.15, 0.2) is 0 Å². The van der Waals surface area contributed by atoms with Gasteiger partial charge in [0.1, 0.15) is 17.4 Å². The molecule has 4 rings (SSSR count). The topological polar surface area (TPSA) is 90.9 Å². The SMILES string of the molecule is CCCN(CCC)C(=O)c1cc(C)cc(C(=O)N[C@H](Cc2cc(F)cc(F)c2)[C@@H](O)CNC2CCCc3cc(OC)ccc32)c1. The molecular formula is C36H45F2N3O4. The molecule has 242 valence electrons. The van der Waals surface area contributed by atoms with Gasteiger partial charge in [-0.3, -0.25) is 9.59 Å². The number of hydrogen-bond acceptors (Lipinski definition) is 5. The molecule has 0 fully saturated rings. The van der Waals surface area contributed by atoms with E-state index in [4.69, 9.17) is 4.74 Å². The van der Waals surface area contributed by atoms with Gasteiger partial charge < -0.3 is 25.4 Å². The van der Waals surface area contributed by atoms with Gasteiger partial charge in [0.2, 0.25) is 0 Å². The molecule has 0 radical (unpaired) electrons. The van der Waals surface area contributed by atoms with Crippen molar-refractivity contribution in [2.45, 2.75) is 77.5 Å². The standard InChI is InChI=1S/C36H45F2N3O4/c1-5-12-41(13-6-2)36(44)27-15-23(3)14-26(19-27)35(43)40-33(18-24-16-28(37)21-29(38)17-24)34(42)22-39-32-9-7-8-25-20-30(45-4)10-11-31(25)32/h10-11,14-17,19-21,32-34,39,42H,5-9,12-13,18,22H2,1-4H3,(H,40,43)/t32?,33-,34+/m1/s1. The van der Waals surface area contributed by atoms with Gasteiger partial charge in [0.25, 0.3) is 11.8 Å². The van der Waals surface area contributed by atoms with Crippen molar-refractivity contribution in [1.29, 1.82) is 0 Å². The Balaban J connectivity index is 1.55. The van der Waals surface area contributed by atoms with Gasteiger partial charge in [-0.15, -0.1) is 0 Å². The molecular weight excluding hydrogens is 576 g/mol. The zero-order valence-electron chi connectivity index (χ0n) is 26.7. The van der Waals surface area contributed by atoms with Crippen LogP contribution >= 0.6 is 0 Å². The van der Waals surface area contributed by atoms with Crippen LogP contribution in [0.2, 0.25) is 0 Å². The van der Waals surface area contributed by atoms with Crippen LogP contribution in [-0.4, -0.2) is 60.7 Å². The van der Waals surface area contributed by atoms with E-state index in [0.717, 1.165) is 55.0 Å². The minimum absolute atomic E-state index is 0.0000996. The van der Waals surface area contributed by atoms with Crippen molar-refractivity contribution in [3.8, 4) is 5.75 Å². The Morgan fingerprint density at radius 1 is 1.00 bits per heavy atom. The average molecular weight is 622 g/mol. The number of hydrogen-bond donors (Lipinski definition) is 3. The maximum atomic E-state index is 14.1. The first-order chi connectivity index (χ1) is 21.6. The molecule has 0 saturated carbocycles. The van der Waals surface area contributed by atoms with E-state index in [9.17, 15) is 23.5 Å². The number of ether oxygens (including phenoxy) is 1. The van der Waals surface area contributed by atoms with E-state index in [1.165, 1.54) is 17.7 Å². The summed E-state index contributed by atoms with van der Waals surface area (Å²) in [4.78, 5) is 28.7. The van der Waals surface area contributed by atoms with Crippen molar-refractivity contribution < 1.29 is 28.2 Å². The van der Waals surface area contributed by atoms with Gasteiger partial charge in [-0.1, -0.05) is 19.9 Å². The number of carbonyl (C=O) groups is 2. The van der Waals surface area contributed by atoms with E-state index in [1.807, 2.05) is 39.0 Å². The van der Waals surface area contributed by atoms with E-state index in [-0.39, 0.29) is 30.5 Å². The van der Waals surface area contributed by atoms with Gasteiger partial charge >= 0.3 is 0 Å². The number of benzene rings is 3. The van der Waals surface area contributed by atoms with Crippen molar-refractivity contribution in [2.75, 3.05) is 26.7 Å². The summed E-state index contributed by atoms with van der Waals surface area (Å²) in [7, 11) is 1.64. The lowest BCUT2D eigenvalue weighted by molar-refractivity contribution is 0.0755. The molecule has 2 amide bonds. The maximum Gasteiger partial charge on any atom is 0.253 e. The summed E-state index contributed by atoms with van der Waals surface area (Å²) < 4.78 is 33.5. The Hall–Kier alpha value is -3.82. The molecule has 7 nitrogen and oxygen atoms in total. The molecule has 3 aromatic rings. The second-order valence-corrected chi connectivity index (χ2v) is 11.9. The second-order valence-electron chi connectivity index (χ2n) is 11.9. The van der Waals surface area contributed by atoms with Crippen molar-refractivity contribution in [2.24, 2.45) is 0 Å². The van der Waals surface area contributed by atoms with E-state index in [2.05, 4.69) is 10.6 Å². The summed E-state index contributed by atoms with van der Waals surface area (Å²) in [5.74, 6) is -1.30. The van der Waals surface area contributed by atoms with Gasteiger partial charge in [-0.25, -0.2) is 8.78 Å². The molecule has 9 heteroatoms. The number of rotatable bonds is 14. The van der Waals surface area contributed by atoms with E-state index in [0.29, 0.717) is 24.2 Å². The summed E-state index contributed by atoms with van der Waals surface area (Å²) in [5.41, 5.74) is 4.07. The Labute approximate surface area is 265 Å². The lowest BCUT2D eigenvalue weighted by Crippen LogP contribution is -2.49. The highest BCUT2D eigenvalue weighted by Crippen LogP contribution is 2.32. The van der Waals surface area contributed by atoms with Crippen LogP contribution in [0.5, 0.6) is 5.75 Å². The van der Waals surface area contributed by atoms with Crippen LogP contribution in [0.25, 0.3) is 0 Å². The second kappa shape index (κ2) is 16.0. The first-order valence-corrected chi connectivity index (χ1v) is 15.9. The molecule has 1 unspecified atom stereocenters. The third kappa shape index (κ3) is 9.11. The quantitative estimate of drug-likeness (QED) is 0.208. The lowest BCUT2D eigenvalue weighted by atomic mass is 9.87. The smallest absolute Gasteiger partial charge is 0.253 e. The zero-order chi connectivity index (χ0) is 32.5. The number of aliphatic hydroxyl groups is 1. The molecule has 3 atom stereocenters. The van der Waals surface area contributed by atoms with Gasteiger partial charge in [-0.2, -0.15) is 0 Å². The Bertz CT molecular complexity index is 1450. The van der Waals surface area contributed by atoms with Gasteiger partial charge in [0, 0.05) is 42.9 Å². The lowest BCUT2D eigenvalue weighted by Gasteiger charge is -2.30. The molecule has 0 bridgehead atoms. The maximum absolute atomic E-state index is 14.1. The van der Waals surface area contributed by atoms with Crippen molar-refractivity contribution in [1.82, 2.24) is 15.5 Å². The summed E-state index contributed by atoms with van der Waals surface area (Å²) in [6.07, 6.45) is 3.34. The first-order valence-electron chi connectivity index (χ1n) is 15.9. The molecule has 0 aliphatic heterocycles. The fourth-order valence-electron chi connectivity index (χ4n) is 6.13. The van der Waals surface area contributed by atoms with Crippen LogP contribution in [-0.2, 0) is 12.8 Å². The Morgan fingerprint density at radius 2 is 1.69 bits per heavy atom. The number of aliphatic hydroxyl groups excluding tert-OH is 1. The van der Waals surface area contributed by atoms with E-state index < -0.39 is 29.7 Å². The summed E-state index contributed by atoms with van der Waals surface area (Å²) in [6, 6.07) is 13.3. The van der Waals surface area contributed by atoms with Crippen LogP contribution in [0.1, 0.15) is 88.5 Å². The Kier molecular flexibility index (Phi) is 12.1. The van der Waals surface area contributed by atoms with Crippen LogP contribution in [0.15, 0.2) is 54.6 Å². The number of fused-ring (bicyclic) bond motifs is 1. The summed E-state index contributed by atoms with van der Waals surface area (Å²) in [6.45, 7) is 7.22. The van der Waals surface area contributed by atoms with Crippen LogP contribution in [0, 0.1) is 18.6 Å². The molecule has 45 heavy (non-hydrogen) atoms. The largest absolute Gasteiger partial charge is 0.497 e. The molecule has 3 N–H and O–H groups in total. The third-order valence-electron chi connectivity index (χ3n) is 8.26. The number of carbonyl (C=O) groups excluding carboxylic acids is 2. The van der Waals surface area contributed by atoms with Crippen molar-refractivity contribution >= 4 is 11.8 Å². The number of nitrogens with zero attached hydrogens (tertiary/aromatic N) is 1. The van der Waals surface area contributed by atoms with Gasteiger partial charge in [-0.05, 0) is 110 Å². The number of halogens is 2.